The number of nitrogens with zero attached hydrogens (tertiary/aromatic N) is 1. The van der Waals surface area contributed by atoms with E-state index in [-0.39, 0.29) is 18.1 Å². The largest absolute Gasteiger partial charge is 0.474 e. The zero-order valence-corrected chi connectivity index (χ0v) is 16.3. The Balaban J connectivity index is 1.59. The predicted octanol–water partition coefficient (Wildman–Crippen LogP) is 4.38. The minimum Gasteiger partial charge on any atom is -0.474 e. The van der Waals surface area contributed by atoms with Crippen molar-refractivity contribution in [2.24, 2.45) is 0 Å². The summed E-state index contributed by atoms with van der Waals surface area (Å²) in [6.07, 6.45) is 4.03. The fraction of sp³-hybridized carbons (Fsp3) is 0.125. The SMILES string of the molecule is CCOC(=O)C(Oc1ccc2c(c1)O/C(=C\c1ccncc1)C2=O)c1ccccc1. The van der Waals surface area contributed by atoms with Gasteiger partial charge in [0.25, 0.3) is 0 Å². The molecule has 1 unspecified atom stereocenters. The maximum Gasteiger partial charge on any atom is 0.352 e. The van der Waals surface area contributed by atoms with E-state index < -0.39 is 12.1 Å². The van der Waals surface area contributed by atoms with Crippen LogP contribution in [-0.4, -0.2) is 23.3 Å². The molecule has 0 N–H and O–H groups in total. The van der Waals surface area contributed by atoms with Crippen molar-refractivity contribution in [3.8, 4) is 11.5 Å². The highest BCUT2D eigenvalue weighted by Crippen LogP contribution is 2.36. The molecule has 0 aliphatic carbocycles. The number of carbonyl (C=O) groups excluding carboxylic acids is 2. The van der Waals surface area contributed by atoms with Gasteiger partial charge in [-0.2, -0.15) is 0 Å². The van der Waals surface area contributed by atoms with Crippen LogP contribution in [0.2, 0.25) is 0 Å². The highest BCUT2D eigenvalue weighted by Gasteiger charge is 2.29. The first kappa shape index (κ1) is 19.4. The van der Waals surface area contributed by atoms with Gasteiger partial charge in [0.1, 0.15) is 11.5 Å². The lowest BCUT2D eigenvalue weighted by Crippen LogP contribution is -2.21. The average Bonchev–Trinajstić information content (AvgIpc) is 3.08. The molecule has 0 radical (unpaired) electrons. The predicted molar refractivity (Wildman–Crippen MR) is 110 cm³/mol. The maximum atomic E-state index is 12.6. The molecule has 150 valence electrons. The quantitative estimate of drug-likeness (QED) is 0.451. The van der Waals surface area contributed by atoms with Crippen molar-refractivity contribution >= 4 is 17.8 Å². The molecule has 2 heterocycles. The number of aromatic nitrogens is 1. The molecule has 0 spiro atoms. The van der Waals surface area contributed by atoms with Crippen LogP contribution in [0.3, 0.4) is 0 Å². The molecule has 6 heteroatoms. The van der Waals surface area contributed by atoms with Crippen molar-refractivity contribution in [2.75, 3.05) is 6.61 Å². The summed E-state index contributed by atoms with van der Waals surface area (Å²) in [6, 6.07) is 17.5. The standard InChI is InChI=1S/C24H19NO5/c1-2-28-24(27)23(17-6-4-3-5-7-17)29-18-8-9-19-20(15-18)30-21(22(19)26)14-16-10-12-25-13-11-16/h3-15,23H,2H2,1H3/b21-14-. The number of fused-ring (bicyclic) bond motifs is 1. The third-order valence-electron chi connectivity index (χ3n) is 4.50. The normalized spacial score (nSPS) is 14.7. The minimum atomic E-state index is -0.923. The molecule has 30 heavy (non-hydrogen) atoms. The Hall–Kier alpha value is -3.93. The first-order valence-electron chi connectivity index (χ1n) is 9.52. The van der Waals surface area contributed by atoms with Crippen LogP contribution >= 0.6 is 0 Å². The second-order valence-electron chi connectivity index (χ2n) is 6.54. The van der Waals surface area contributed by atoms with Crippen LogP contribution in [0.5, 0.6) is 11.5 Å². The molecule has 0 bridgehead atoms. The van der Waals surface area contributed by atoms with Crippen LogP contribution in [0, 0.1) is 0 Å². The Labute approximate surface area is 173 Å². The molecule has 4 rings (SSSR count). The Kier molecular flexibility index (Phi) is 5.57. The molecule has 0 fully saturated rings. The molecule has 1 atom stereocenters. The lowest BCUT2D eigenvalue weighted by Gasteiger charge is -2.18. The number of ketones is 1. The van der Waals surface area contributed by atoms with Crippen LogP contribution in [0.4, 0.5) is 0 Å². The monoisotopic (exact) mass is 401 g/mol. The van der Waals surface area contributed by atoms with Crippen LogP contribution in [0.25, 0.3) is 6.08 Å². The molecular weight excluding hydrogens is 382 g/mol. The summed E-state index contributed by atoms with van der Waals surface area (Å²) in [5.74, 6) is 0.304. The smallest absolute Gasteiger partial charge is 0.352 e. The van der Waals surface area contributed by atoms with Gasteiger partial charge in [-0.15, -0.1) is 0 Å². The van der Waals surface area contributed by atoms with E-state index in [0.717, 1.165) is 5.56 Å². The van der Waals surface area contributed by atoms with Gasteiger partial charge in [-0.05, 0) is 42.8 Å². The summed E-state index contributed by atoms with van der Waals surface area (Å²) in [4.78, 5) is 29.0. The molecule has 6 nitrogen and oxygen atoms in total. The van der Waals surface area contributed by atoms with Gasteiger partial charge in [0.05, 0.1) is 12.2 Å². The Morgan fingerprint density at radius 1 is 1.10 bits per heavy atom. The van der Waals surface area contributed by atoms with Crippen molar-refractivity contribution < 1.29 is 23.8 Å². The van der Waals surface area contributed by atoms with Gasteiger partial charge in [-0.3, -0.25) is 9.78 Å². The number of rotatable bonds is 6. The number of hydrogen-bond acceptors (Lipinski definition) is 6. The van der Waals surface area contributed by atoms with E-state index in [4.69, 9.17) is 14.2 Å². The summed E-state index contributed by atoms with van der Waals surface area (Å²) < 4.78 is 16.8. The molecule has 3 aromatic rings. The molecule has 0 saturated carbocycles. The second-order valence-corrected chi connectivity index (χ2v) is 6.54. The topological polar surface area (TPSA) is 74.7 Å². The average molecular weight is 401 g/mol. The van der Waals surface area contributed by atoms with Crippen LogP contribution in [0.15, 0.2) is 78.8 Å². The summed E-state index contributed by atoms with van der Waals surface area (Å²) >= 11 is 0. The number of ether oxygens (including phenoxy) is 3. The molecule has 1 aromatic heterocycles. The van der Waals surface area contributed by atoms with Crippen molar-refractivity contribution in [3.05, 3.63) is 95.5 Å². The summed E-state index contributed by atoms with van der Waals surface area (Å²) in [6.45, 7) is 1.99. The van der Waals surface area contributed by atoms with Gasteiger partial charge < -0.3 is 14.2 Å². The lowest BCUT2D eigenvalue weighted by atomic mass is 10.1. The second kappa shape index (κ2) is 8.61. The first-order valence-corrected chi connectivity index (χ1v) is 9.52. The van der Waals surface area contributed by atoms with E-state index in [2.05, 4.69) is 4.98 Å². The minimum absolute atomic E-state index is 0.210. The van der Waals surface area contributed by atoms with Crippen LogP contribution in [0.1, 0.15) is 34.5 Å². The fourth-order valence-corrected chi connectivity index (χ4v) is 3.09. The fourth-order valence-electron chi connectivity index (χ4n) is 3.09. The van der Waals surface area contributed by atoms with Crippen molar-refractivity contribution in [1.29, 1.82) is 0 Å². The lowest BCUT2D eigenvalue weighted by molar-refractivity contribution is -0.151. The number of benzene rings is 2. The summed E-state index contributed by atoms with van der Waals surface area (Å²) in [5.41, 5.74) is 1.92. The molecular formula is C24H19NO5. The number of carbonyl (C=O) groups is 2. The van der Waals surface area contributed by atoms with Crippen LogP contribution in [-0.2, 0) is 9.53 Å². The van der Waals surface area contributed by atoms with E-state index in [9.17, 15) is 9.59 Å². The zero-order chi connectivity index (χ0) is 20.9. The summed E-state index contributed by atoms with van der Waals surface area (Å²) in [5, 5.41) is 0. The zero-order valence-electron chi connectivity index (χ0n) is 16.3. The van der Waals surface area contributed by atoms with Crippen molar-refractivity contribution in [3.63, 3.8) is 0 Å². The Morgan fingerprint density at radius 2 is 1.87 bits per heavy atom. The molecule has 0 saturated heterocycles. The van der Waals surface area contributed by atoms with Gasteiger partial charge in [0, 0.05) is 24.0 Å². The van der Waals surface area contributed by atoms with E-state index in [1.54, 1.807) is 67.9 Å². The highest BCUT2D eigenvalue weighted by molar-refractivity contribution is 6.14. The molecule has 1 aliphatic heterocycles. The number of Topliss-reactive ketones (excluding diaryl/α,β-unsaturated/α-hetero) is 1. The molecule has 2 aromatic carbocycles. The number of allylic oxidation sites excluding steroid dienone is 1. The summed E-state index contributed by atoms with van der Waals surface area (Å²) in [7, 11) is 0. The molecule has 0 amide bonds. The number of hydrogen-bond donors (Lipinski definition) is 0. The van der Waals surface area contributed by atoms with Gasteiger partial charge in [0.2, 0.25) is 11.9 Å². The van der Waals surface area contributed by atoms with Gasteiger partial charge in [-0.1, -0.05) is 30.3 Å². The van der Waals surface area contributed by atoms with Crippen molar-refractivity contribution in [1.82, 2.24) is 4.98 Å². The maximum absolute atomic E-state index is 12.6. The first-order chi connectivity index (χ1) is 14.7. The number of esters is 1. The van der Waals surface area contributed by atoms with Crippen LogP contribution < -0.4 is 9.47 Å². The van der Waals surface area contributed by atoms with Gasteiger partial charge in [-0.25, -0.2) is 4.79 Å². The van der Waals surface area contributed by atoms with E-state index >= 15 is 0 Å². The van der Waals surface area contributed by atoms with Gasteiger partial charge in [0.15, 0.2) is 5.76 Å². The third-order valence-corrected chi connectivity index (χ3v) is 4.50. The molecule has 1 aliphatic rings. The Bertz CT molecular complexity index is 1090. The van der Waals surface area contributed by atoms with E-state index in [1.165, 1.54) is 0 Å². The third kappa shape index (κ3) is 4.07. The highest BCUT2D eigenvalue weighted by atomic mass is 16.6. The van der Waals surface area contributed by atoms with Gasteiger partial charge >= 0.3 is 5.97 Å². The van der Waals surface area contributed by atoms with E-state index in [1.807, 2.05) is 18.2 Å². The Morgan fingerprint density at radius 3 is 2.60 bits per heavy atom. The van der Waals surface area contributed by atoms with Crippen molar-refractivity contribution in [2.45, 2.75) is 13.0 Å². The number of pyridine rings is 1. The van der Waals surface area contributed by atoms with E-state index in [0.29, 0.717) is 22.6 Å².